The van der Waals surface area contributed by atoms with Crippen molar-refractivity contribution in [3.05, 3.63) is 29.8 Å². The van der Waals surface area contributed by atoms with Crippen LogP contribution in [0.3, 0.4) is 0 Å². The van der Waals surface area contributed by atoms with Gasteiger partial charge in [-0.3, -0.25) is 4.79 Å². The first-order valence-electron chi connectivity index (χ1n) is 7.15. The van der Waals surface area contributed by atoms with Crippen LogP contribution in [0.2, 0.25) is 0 Å². The summed E-state index contributed by atoms with van der Waals surface area (Å²) in [4.78, 5) is 14.2. The molecule has 0 aliphatic carbocycles. The minimum atomic E-state index is 0.195. The maximum absolute atomic E-state index is 12.4. The molecule has 0 saturated carbocycles. The van der Waals surface area contributed by atoms with E-state index in [1.807, 2.05) is 38.2 Å². The Labute approximate surface area is 116 Å². The topological polar surface area (TPSA) is 32.3 Å². The lowest BCUT2D eigenvalue weighted by molar-refractivity contribution is -0.119. The molecule has 0 radical (unpaired) electrons. The number of nitrogens with one attached hydrogen (secondary N) is 1. The second-order valence-corrected chi connectivity index (χ2v) is 5.62. The Hall–Kier alpha value is -1.35. The molecule has 1 saturated heterocycles. The average molecular weight is 260 g/mol. The third-order valence-electron chi connectivity index (χ3n) is 4.18. The number of hydrogen-bond acceptors (Lipinski definition) is 2. The average Bonchev–Trinajstić information content (AvgIpc) is 2.41. The minimum absolute atomic E-state index is 0.195. The number of piperidine rings is 1. The van der Waals surface area contributed by atoms with Gasteiger partial charge in [-0.2, -0.15) is 0 Å². The van der Waals surface area contributed by atoms with Crippen LogP contribution < -0.4 is 10.2 Å². The molecular formula is C16H24N2O. The molecule has 104 valence electrons. The number of anilines is 1. The molecule has 2 unspecified atom stereocenters. The summed E-state index contributed by atoms with van der Waals surface area (Å²) in [7, 11) is 1.87. The van der Waals surface area contributed by atoms with Gasteiger partial charge >= 0.3 is 0 Å². The van der Waals surface area contributed by atoms with Gasteiger partial charge in [-0.1, -0.05) is 25.1 Å². The van der Waals surface area contributed by atoms with Crippen molar-refractivity contribution >= 4 is 11.6 Å². The van der Waals surface area contributed by atoms with Crippen molar-refractivity contribution in [1.82, 2.24) is 5.32 Å². The number of amides is 1. The molecule has 1 fully saturated rings. The SMILES string of the molecule is Cc1ccccc1N(C)C(=O)CC1NCCCC1C. The van der Waals surface area contributed by atoms with Gasteiger partial charge in [0.25, 0.3) is 0 Å². The van der Waals surface area contributed by atoms with Gasteiger partial charge in [0.15, 0.2) is 0 Å². The fourth-order valence-corrected chi connectivity index (χ4v) is 2.79. The molecule has 1 N–H and O–H groups in total. The molecule has 1 heterocycles. The number of rotatable bonds is 3. The molecule has 1 aromatic rings. The summed E-state index contributed by atoms with van der Waals surface area (Å²) in [6.07, 6.45) is 3.03. The van der Waals surface area contributed by atoms with Crippen LogP contribution in [0, 0.1) is 12.8 Å². The molecule has 0 bridgehead atoms. The van der Waals surface area contributed by atoms with Crippen LogP contribution in [-0.4, -0.2) is 25.5 Å². The first kappa shape index (κ1) is 14.1. The van der Waals surface area contributed by atoms with Crippen molar-refractivity contribution in [2.24, 2.45) is 5.92 Å². The van der Waals surface area contributed by atoms with Crippen LogP contribution in [0.25, 0.3) is 0 Å². The molecule has 1 aliphatic rings. The van der Waals surface area contributed by atoms with Gasteiger partial charge in [-0.05, 0) is 43.9 Å². The van der Waals surface area contributed by atoms with E-state index in [9.17, 15) is 4.79 Å². The van der Waals surface area contributed by atoms with Crippen molar-refractivity contribution in [2.45, 2.75) is 39.2 Å². The quantitative estimate of drug-likeness (QED) is 0.906. The van der Waals surface area contributed by atoms with Crippen molar-refractivity contribution in [2.75, 3.05) is 18.5 Å². The normalized spacial score (nSPS) is 23.1. The number of hydrogen-bond donors (Lipinski definition) is 1. The highest BCUT2D eigenvalue weighted by Gasteiger charge is 2.25. The number of carbonyl (C=O) groups is 1. The number of carbonyl (C=O) groups excluding carboxylic acids is 1. The van der Waals surface area contributed by atoms with Gasteiger partial charge in [-0.15, -0.1) is 0 Å². The Morgan fingerprint density at radius 2 is 2.16 bits per heavy atom. The molecule has 0 aromatic heterocycles. The Morgan fingerprint density at radius 3 is 2.84 bits per heavy atom. The molecule has 0 spiro atoms. The third-order valence-corrected chi connectivity index (χ3v) is 4.18. The maximum atomic E-state index is 12.4. The van der Waals surface area contributed by atoms with E-state index in [0.717, 1.165) is 17.8 Å². The predicted octanol–water partition coefficient (Wildman–Crippen LogP) is 2.74. The van der Waals surface area contributed by atoms with E-state index in [1.54, 1.807) is 4.90 Å². The lowest BCUT2D eigenvalue weighted by Crippen LogP contribution is -2.44. The summed E-state index contributed by atoms with van der Waals surface area (Å²) in [6.45, 7) is 5.31. The van der Waals surface area contributed by atoms with Gasteiger partial charge in [0.05, 0.1) is 0 Å². The van der Waals surface area contributed by atoms with Gasteiger partial charge in [0.2, 0.25) is 5.91 Å². The van der Waals surface area contributed by atoms with Crippen molar-refractivity contribution < 1.29 is 4.79 Å². The highest BCUT2D eigenvalue weighted by atomic mass is 16.2. The Balaban J connectivity index is 2.01. The van der Waals surface area contributed by atoms with Crippen LogP contribution >= 0.6 is 0 Å². The van der Waals surface area contributed by atoms with E-state index in [1.165, 1.54) is 12.8 Å². The van der Waals surface area contributed by atoms with E-state index in [4.69, 9.17) is 0 Å². The molecule has 2 rings (SSSR count). The lowest BCUT2D eigenvalue weighted by Gasteiger charge is -2.31. The van der Waals surface area contributed by atoms with E-state index < -0.39 is 0 Å². The number of aryl methyl sites for hydroxylation is 1. The zero-order valence-electron chi connectivity index (χ0n) is 12.1. The summed E-state index contributed by atoms with van der Waals surface area (Å²) >= 11 is 0. The van der Waals surface area contributed by atoms with Crippen molar-refractivity contribution in [1.29, 1.82) is 0 Å². The third kappa shape index (κ3) is 3.35. The summed E-state index contributed by atoms with van der Waals surface area (Å²) in [5.41, 5.74) is 2.15. The van der Waals surface area contributed by atoms with Crippen molar-refractivity contribution in [3.63, 3.8) is 0 Å². The van der Waals surface area contributed by atoms with E-state index in [0.29, 0.717) is 18.4 Å². The van der Waals surface area contributed by atoms with Crippen LogP contribution in [0.4, 0.5) is 5.69 Å². The zero-order valence-corrected chi connectivity index (χ0v) is 12.1. The molecule has 1 amide bonds. The standard InChI is InChI=1S/C16H24N2O/c1-12-8-6-10-17-14(12)11-16(19)18(3)15-9-5-4-7-13(15)2/h4-5,7,9,12,14,17H,6,8,10-11H2,1-3H3. The molecular weight excluding hydrogens is 236 g/mol. The molecule has 19 heavy (non-hydrogen) atoms. The van der Waals surface area contributed by atoms with Gasteiger partial charge in [0, 0.05) is 25.2 Å². The predicted molar refractivity (Wildman–Crippen MR) is 79.4 cm³/mol. The molecule has 1 aliphatic heterocycles. The second kappa shape index (κ2) is 6.20. The van der Waals surface area contributed by atoms with E-state index >= 15 is 0 Å². The molecule has 3 heteroatoms. The maximum Gasteiger partial charge on any atom is 0.228 e. The second-order valence-electron chi connectivity index (χ2n) is 5.62. The summed E-state index contributed by atoms with van der Waals surface area (Å²) in [5, 5.41) is 3.47. The fourth-order valence-electron chi connectivity index (χ4n) is 2.79. The number of nitrogens with zero attached hydrogens (tertiary/aromatic N) is 1. The highest BCUT2D eigenvalue weighted by molar-refractivity contribution is 5.93. The molecule has 3 nitrogen and oxygen atoms in total. The Kier molecular flexibility index (Phi) is 4.59. The summed E-state index contributed by atoms with van der Waals surface area (Å²) < 4.78 is 0. The number of benzene rings is 1. The lowest BCUT2D eigenvalue weighted by atomic mass is 9.90. The van der Waals surface area contributed by atoms with Crippen LogP contribution in [0.1, 0.15) is 31.7 Å². The zero-order chi connectivity index (χ0) is 13.8. The van der Waals surface area contributed by atoms with E-state index in [2.05, 4.69) is 12.2 Å². The molecule has 1 aromatic carbocycles. The van der Waals surface area contributed by atoms with Crippen LogP contribution in [-0.2, 0) is 4.79 Å². The van der Waals surface area contributed by atoms with Crippen LogP contribution in [0.15, 0.2) is 24.3 Å². The largest absolute Gasteiger partial charge is 0.315 e. The van der Waals surface area contributed by atoms with Crippen molar-refractivity contribution in [3.8, 4) is 0 Å². The summed E-state index contributed by atoms with van der Waals surface area (Å²) in [5.74, 6) is 0.781. The Bertz CT molecular complexity index is 444. The first-order valence-corrected chi connectivity index (χ1v) is 7.15. The first-order chi connectivity index (χ1) is 9.09. The van der Waals surface area contributed by atoms with Gasteiger partial charge in [0.1, 0.15) is 0 Å². The van der Waals surface area contributed by atoms with Gasteiger partial charge in [-0.25, -0.2) is 0 Å². The Morgan fingerprint density at radius 1 is 1.42 bits per heavy atom. The van der Waals surface area contributed by atoms with Gasteiger partial charge < -0.3 is 10.2 Å². The smallest absolute Gasteiger partial charge is 0.228 e. The summed E-state index contributed by atoms with van der Waals surface area (Å²) in [6, 6.07) is 8.36. The highest BCUT2D eigenvalue weighted by Crippen LogP contribution is 2.22. The molecule has 2 atom stereocenters. The van der Waals surface area contributed by atoms with Crippen LogP contribution in [0.5, 0.6) is 0 Å². The monoisotopic (exact) mass is 260 g/mol. The number of para-hydroxylation sites is 1. The fraction of sp³-hybridized carbons (Fsp3) is 0.562. The minimum Gasteiger partial charge on any atom is -0.315 e. The van der Waals surface area contributed by atoms with E-state index in [-0.39, 0.29) is 5.91 Å².